The number of carboxylic acid groups (broad SMARTS) is 1. The van der Waals surface area contributed by atoms with Gasteiger partial charge in [-0.2, -0.15) is 0 Å². The summed E-state index contributed by atoms with van der Waals surface area (Å²) in [6.45, 7) is 0. The number of rotatable bonds is 5. The monoisotopic (exact) mass is 338 g/mol. The lowest BCUT2D eigenvalue weighted by atomic mass is 9.92. The van der Waals surface area contributed by atoms with Crippen LogP contribution in [0.25, 0.3) is 17.3 Å². The van der Waals surface area contributed by atoms with Crippen LogP contribution < -0.4 is 11.1 Å². The van der Waals surface area contributed by atoms with Crippen molar-refractivity contribution in [1.29, 1.82) is 0 Å². The average molecular weight is 338 g/mol. The Bertz CT molecular complexity index is 768. The SMILES string of the molecule is N[C@H]1CC[C@H](Nc2cncc(-c3cccc(/C=C/C(=O)O)c3)n2)CC1. The van der Waals surface area contributed by atoms with Crippen molar-refractivity contribution in [3.05, 3.63) is 48.3 Å². The highest BCUT2D eigenvalue weighted by molar-refractivity contribution is 5.85. The maximum Gasteiger partial charge on any atom is 0.328 e. The maximum absolute atomic E-state index is 10.7. The molecule has 4 N–H and O–H groups in total. The Hall–Kier alpha value is -2.73. The number of hydrogen-bond acceptors (Lipinski definition) is 5. The van der Waals surface area contributed by atoms with Gasteiger partial charge in [0.15, 0.2) is 0 Å². The fraction of sp³-hybridized carbons (Fsp3) is 0.316. The van der Waals surface area contributed by atoms with E-state index in [0.717, 1.165) is 54.4 Å². The number of hydrogen-bond donors (Lipinski definition) is 3. The molecule has 6 heteroatoms. The summed E-state index contributed by atoms with van der Waals surface area (Å²) in [5, 5.41) is 12.2. The summed E-state index contributed by atoms with van der Waals surface area (Å²) >= 11 is 0. The minimum Gasteiger partial charge on any atom is -0.478 e. The summed E-state index contributed by atoms with van der Waals surface area (Å²) < 4.78 is 0. The van der Waals surface area contributed by atoms with Gasteiger partial charge in [0, 0.05) is 23.7 Å². The largest absolute Gasteiger partial charge is 0.478 e. The Kier molecular flexibility index (Phi) is 5.40. The molecule has 25 heavy (non-hydrogen) atoms. The Balaban J connectivity index is 1.75. The lowest BCUT2D eigenvalue weighted by molar-refractivity contribution is -0.131. The number of anilines is 1. The van der Waals surface area contributed by atoms with E-state index in [0.29, 0.717) is 12.1 Å². The molecular formula is C19H22N4O2. The molecule has 0 amide bonds. The minimum absolute atomic E-state index is 0.317. The zero-order valence-electron chi connectivity index (χ0n) is 13.9. The third-order valence-corrected chi connectivity index (χ3v) is 4.36. The number of nitrogens with zero attached hydrogens (tertiary/aromatic N) is 2. The van der Waals surface area contributed by atoms with E-state index >= 15 is 0 Å². The Morgan fingerprint density at radius 3 is 2.80 bits per heavy atom. The van der Waals surface area contributed by atoms with E-state index < -0.39 is 5.97 Å². The van der Waals surface area contributed by atoms with Crippen molar-refractivity contribution in [3.8, 4) is 11.3 Å². The molecule has 0 aliphatic heterocycles. The van der Waals surface area contributed by atoms with Crippen molar-refractivity contribution < 1.29 is 9.90 Å². The topological polar surface area (TPSA) is 101 Å². The summed E-state index contributed by atoms with van der Waals surface area (Å²) in [4.78, 5) is 19.6. The lowest BCUT2D eigenvalue weighted by Gasteiger charge is -2.27. The first-order valence-corrected chi connectivity index (χ1v) is 8.46. The van der Waals surface area contributed by atoms with E-state index in [2.05, 4.69) is 15.3 Å². The molecule has 1 aliphatic rings. The van der Waals surface area contributed by atoms with E-state index in [4.69, 9.17) is 10.8 Å². The standard InChI is InChI=1S/C19H22N4O2/c20-15-5-7-16(8-6-15)22-18-12-21-11-17(23-18)14-3-1-2-13(10-14)4-9-19(24)25/h1-4,9-12,15-16H,5-8,20H2,(H,22,23)(H,24,25)/b9-4+/t15-,16-. The van der Waals surface area contributed by atoms with Gasteiger partial charge in [0.05, 0.1) is 18.1 Å². The molecule has 0 atom stereocenters. The van der Waals surface area contributed by atoms with Gasteiger partial charge in [-0.05, 0) is 43.4 Å². The van der Waals surface area contributed by atoms with E-state index in [1.165, 1.54) is 0 Å². The van der Waals surface area contributed by atoms with Crippen LogP contribution in [0.3, 0.4) is 0 Å². The Morgan fingerprint density at radius 1 is 1.24 bits per heavy atom. The first-order valence-electron chi connectivity index (χ1n) is 8.46. The molecule has 1 aromatic carbocycles. The van der Waals surface area contributed by atoms with Crippen LogP contribution >= 0.6 is 0 Å². The predicted molar refractivity (Wildman–Crippen MR) is 98.0 cm³/mol. The zero-order chi connectivity index (χ0) is 17.6. The average Bonchev–Trinajstić information content (AvgIpc) is 2.62. The van der Waals surface area contributed by atoms with Crippen molar-refractivity contribution in [2.24, 2.45) is 5.73 Å². The van der Waals surface area contributed by atoms with Gasteiger partial charge in [-0.1, -0.05) is 18.2 Å². The number of benzene rings is 1. The van der Waals surface area contributed by atoms with Crippen LogP contribution in [0.2, 0.25) is 0 Å². The van der Waals surface area contributed by atoms with Crippen molar-refractivity contribution in [1.82, 2.24) is 9.97 Å². The van der Waals surface area contributed by atoms with Crippen LogP contribution in [0.4, 0.5) is 5.82 Å². The Labute approximate surface area is 146 Å². The first kappa shape index (κ1) is 17.1. The van der Waals surface area contributed by atoms with Gasteiger partial charge in [0.2, 0.25) is 0 Å². The van der Waals surface area contributed by atoms with Gasteiger partial charge in [0.1, 0.15) is 5.82 Å². The molecule has 1 saturated carbocycles. The smallest absolute Gasteiger partial charge is 0.328 e. The second-order valence-electron chi connectivity index (χ2n) is 6.34. The quantitative estimate of drug-likeness (QED) is 0.725. The maximum atomic E-state index is 10.7. The molecule has 0 spiro atoms. The van der Waals surface area contributed by atoms with Crippen LogP contribution in [0.15, 0.2) is 42.7 Å². The summed E-state index contributed by atoms with van der Waals surface area (Å²) in [5.74, 6) is -0.215. The molecule has 1 aromatic heterocycles. The number of carbonyl (C=O) groups is 1. The third kappa shape index (κ3) is 4.87. The molecule has 0 radical (unpaired) electrons. The zero-order valence-corrected chi connectivity index (χ0v) is 13.9. The molecule has 6 nitrogen and oxygen atoms in total. The number of carboxylic acids is 1. The summed E-state index contributed by atoms with van der Waals surface area (Å²) in [6, 6.07) is 8.26. The molecule has 3 rings (SSSR count). The normalized spacial score (nSPS) is 20.5. The minimum atomic E-state index is -0.969. The fourth-order valence-corrected chi connectivity index (χ4v) is 3.02. The predicted octanol–water partition coefficient (Wildman–Crippen LogP) is 2.92. The highest BCUT2D eigenvalue weighted by Crippen LogP contribution is 2.23. The van der Waals surface area contributed by atoms with Crippen LogP contribution in [0.5, 0.6) is 0 Å². The molecule has 1 aliphatic carbocycles. The molecular weight excluding hydrogens is 316 g/mol. The molecule has 2 aromatic rings. The molecule has 1 fully saturated rings. The first-order chi connectivity index (χ1) is 12.1. The van der Waals surface area contributed by atoms with Gasteiger partial charge in [-0.3, -0.25) is 4.98 Å². The van der Waals surface area contributed by atoms with Gasteiger partial charge in [-0.15, -0.1) is 0 Å². The summed E-state index contributed by atoms with van der Waals surface area (Å²) in [7, 11) is 0. The summed E-state index contributed by atoms with van der Waals surface area (Å²) in [6.07, 6.45) is 10.3. The van der Waals surface area contributed by atoms with Crippen molar-refractivity contribution in [3.63, 3.8) is 0 Å². The summed E-state index contributed by atoms with van der Waals surface area (Å²) in [5.41, 5.74) is 8.41. The van der Waals surface area contributed by atoms with E-state index in [9.17, 15) is 4.79 Å². The van der Waals surface area contributed by atoms with E-state index in [1.54, 1.807) is 18.5 Å². The van der Waals surface area contributed by atoms with Gasteiger partial charge in [-0.25, -0.2) is 9.78 Å². The fourth-order valence-electron chi connectivity index (χ4n) is 3.02. The molecule has 0 unspecified atom stereocenters. The third-order valence-electron chi connectivity index (χ3n) is 4.36. The van der Waals surface area contributed by atoms with Crippen LogP contribution in [-0.4, -0.2) is 33.1 Å². The molecule has 130 valence electrons. The highest BCUT2D eigenvalue weighted by Gasteiger charge is 2.18. The second-order valence-corrected chi connectivity index (χ2v) is 6.34. The molecule has 0 bridgehead atoms. The number of aliphatic carboxylic acids is 1. The number of nitrogens with two attached hydrogens (primary N) is 1. The van der Waals surface area contributed by atoms with Crippen LogP contribution in [0, 0.1) is 0 Å². The Morgan fingerprint density at radius 2 is 2.04 bits per heavy atom. The lowest BCUT2D eigenvalue weighted by Crippen LogP contribution is -2.33. The van der Waals surface area contributed by atoms with Crippen LogP contribution in [0.1, 0.15) is 31.2 Å². The second kappa shape index (κ2) is 7.90. The van der Waals surface area contributed by atoms with Gasteiger partial charge in [0.25, 0.3) is 0 Å². The van der Waals surface area contributed by atoms with Crippen molar-refractivity contribution >= 4 is 17.9 Å². The number of nitrogens with one attached hydrogen (secondary N) is 1. The van der Waals surface area contributed by atoms with Crippen LogP contribution in [-0.2, 0) is 4.79 Å². The van der Waals surface area contributed by atoms with Crippen molar-refractivity contribution in [2.75, 3.05) is 5.32 Å². The van der Waals surface area contributed by atoms with Gasteiger partial charge >= 0.3 is 5.97 Å². The molecule has 0 saturated heterocycles. The van der Waals surface area contributed by atoms with Gasteiger partial charge < -0.3 is 16.2 Å². The highest BCUT2D eigenvalue weighted by atomic mass is 16.4. The van der Waals surface area contributed by atoms with E-state index in [-0.39, 0.29) is 0 Å². The van der Waals surface area contributed by atoms with Crippen molar-refractivity contribution in [2.45, 2.75) is 37.8 Å². The molecule has 1 heterocycles. The number of aromatic nitrogens is 2. The van der Waals surface area contributed by atoms with E-state index in [1.807, 2.05) is 24.3 Å².